The minimum Gasteiger partial charge on any atom is -0.472 e. The first-order valence-corrected chi connectivity index (χ1v) is 8.54. The fourth-order valence-corrected chi connectivity index (χ4v) is 3.29. The SMILES string of the molecule is N#C[C@@H]1CCOC[C@H]1n1nc(N)c2c(OCc3ccccc3)nccc21. The minimum absolute atomic E-state index is 0.159. The van der Waals surface area contributed by atoms with E-state index in [0.717, 1.165) is 11.1 Å². The molecule has 7 heteroatoms. The summed E-state index contributed by atoms with van der Waals surface area (Å²) in [6, 6.07) is 13.9. The number of nitrogen functional groups attached to an aromatic ring is 1. The third kappa shape index (κ3) is 2.95. The Labute approximate surface area is 151 Å². The first kappa shape index (κ1) is 16.4. The van der Waals surface area contributed by atoms with E-state index in [9.17, 15) is 5.26 Å². The van der Waals surface area contributed by atoms with Gasteiger partial charge < -0.3 is 15.2 Å². The minimum atomic E-state index is -0.169. The van der Waals surface area contributed by atoms with Gasteiger partial charge >= 0.3 is 0 Å². The number of fused-ring (bicyclic) bond motifs is 1. The molecule has 132 valence electrons. The highest BCUT2D eigenvalue weighted by atomic mass is 16.5. The second-order valence-corrected chi connectivity index (χ2v) is 6.28. The summed E-state index contributed by atoms with van der Waals surface area (Å²) in [7, 11) is 0. The van der Waals surface area contributed by atoms with Crippen molar-refractivity contribution in [3.05, 3.63) is 48.2 Å². The standard InChI is InChI=1S/C19H19N5O2/c20-10-14-7-9-25-12-16(14)24-15-6-8-22-19(17(15)18(21)23-24)26-11-13-4-2-1-3-5-13/h1-6,8,14,16H,7,9,11-12H2,(H2,21,23)/t14-,16+/m0/s1. The Balaban J connectivity index is 1.69. The zero-order valence-electron chi connectivity index (χ0n) is 14.2. The number of hydrogen-bond donors (Lipinski definition) is 1. The molecule has 1 aliphatic heterocycles. The lowest BCUT2D eigenvalue weighted by Gasteiger charge is -2.27. The average Bonchev–Trinajstić information content (AvgIpc) is 3.04. The van der Waals surface area contributed by atoms with Gasteiger partial charge in [-0.25, -0.2) is 4.98 Å². The Kier molecular flexibility index (Phi) is 4.42. The maximum absolute atomic E-state index is 9.45. The molecular formula is C19H19N5O2. The van der Waals surface area contributed by atoms with Crippen molar-refractivity contribution < 1.29 is 9.47 Å². The first-order chi connectivity index (χ1) is 12.8. The van der Waals surface area contributed by atoms with Crippen LogP contribution in [0.25, 0.3) is 10.9 Å². The van der Waals surface area contributed by atoms with Crippen molar-refractivity contribution in [3.8, 4) is 11.9 Å². The molecule has 2 N–H and O–H groups in total. The molecule has 0 spiro atoms. The second-order valence-electron chi connectivity index (χ2n) is 6.28. The molecule has 2 aromatic heterocycles. The lowest BCUT2D eigenvalue weighted by molar-refractivity contribution is 0.0359. The Morgan fingerprint density at radius 3 is 2.96 bits per heavy atom. The molecular weight excluding hydrogens is 330 g/mol. The van der Waals surface area contributed by atoms with E-state index >= 15 is 0 Å². The van der Waals surface area contributed by atoms with E-state index in [0.29, 0.717) is 43.3 Å². The fraction of sp³-hybridized carbons (Fsp3) is 0.316. The summed E-state index contributed by atoms with van der Waals surface area (Å²) in [6.45, 7) is 1.43. The molecule has 1 saturated heterocycles. The second kappa shape index (κ2) is 7.02. The van der Waals surface area contributed by atoms with Gasteiger partial charge in [0.2, 0.25) is 5.88 Å². The van der Waals surface area contributed by atoms with Crippen molar-refractivity contribution in [2.75, 3.05) is 18.9 Å². The van der Waals surface area contributed by atoms with Crippen LogP contribution in [0.15, 0.2) is 42.6 Å². The van der Waals surface area contributed by atoms with Gasteiger partial charge in [0.15, 0.2) is 5.82 Å². The third-order valence-electron chi connectivity index (χ3n) is 4.64. The summed E-state index contributed by atoms with van der Waals surface area (Å²) in [5, 5.41) is 14.6. The van der Waals surface area contributed by atoms with E-state index in [4.69, 9.17) is 15.2 Å². The summed E-state index contributed by atoms with van der Waals surface area (Å²) in [6.07, 6.45) is 2.36. The van der Waals surface area contributed by atoms with Crippen LogP contribution in [-0.2, 0) is 11.3 Å². The summed E-state index contributed by atoms with van der Waals surface area (Å²) in [5.74, 6) is 0.631. The monoisotopic (exact) mass is 349 g/mol. The molecule has 1 aromatic carbocycles. The summed E-state index contributed by atoms with van der Waals surface area (Å²) in [5.41, 5.74) is 8.01. The van der Waals surface area contributed by atoms with Gasteiger partial charge in [-0.2, -0.15) is 10.4 Å². The van der Waals surface area contributed by atoms with E-state index in [2.05, 4.69) is 16.2 Å². The molecule has 0 saturated carbocycles. The van der Waals surface area contributed by atoms with E-state index in [-0.39, 0.29) is 12.0 Å². The van der Waals surface area contributed by atoms with Crippen molar-refractivity contribution in [2.45, 2.75) is 19.1 Å². The van der Waals surface area contributed by atoms with Crippen LogP contribution in [0.1, 0.15) is 18.0 Å². The fourth-order valence-electron chi connectivity index (χ4n) is 3.29. The van der Waals surface area contributed by atoms with Gasteiger partial charge in [-0.3, -0.25) is 4.68 Å². The number of hydrogen-bond acceptors (Lipinski definition) is 6. The van der Waals surface area contributed by atoms with Gasteiger partial charge in [-0.15, -0.1) is 0 Å². The molecule has 1 fully saturated rings. The van der Waals surface area contributed by atoms with Crippen LogP contribution in [-0.4, -0.2) is 28.0 Å². The Hall–Kier alpha value is -3.11. The lowest BCUT2D eigenvalue weighted by atomic mass is 9.96. The number of nitriles is 1. The van der Waals surface area contributed by atoms with Gasteiger partial charge in [0.05, 0.1) is 30.2 Å². The number of anilines is 1. The Bertz CT molecular complexity index is 948. The number of nitrogens with two attached hydrogens (primary N) is 1. The number of rotatable bonds is 4. The summed E-state index contributed by atoms with van der Waals surface area (Å²) in [4.78, 5) is 4.33. The number of ether oxygens (including phenoxy) is 2. The topological polar surface area (TPSA) is 99.0 Å². The normalized spacial score (nSPS) is 20.0. The lowest BCUT2D eigenvalue weighted by Crippen LogP contribution is -2.30. The van der Waals surface area contributed by atoms with Crippen LogP contribution in [0.2, 0.25) is 0 Å². The van der Waals surface area contributed by atoms with Crippen molar-refractivity contribution in [2.24, 2.45) is 5.92 Å². The predicted molar refractivity (Wildman–Crippen MR) is 96.3 cm³/mol. The van der Waals surface area contributed by atoms with Gasteiger partial charge in [-0.05, 0) is 18.1 Å². The largest absolute Gasteiger partial charge is 0.472 e. The molecule has 2 atom stereocenters. The summed E-state index contributed by atoms with van der Waals surface area (Å²) < 4.78 is 13.2. The molecule has 1 aliphatic rings. The van der Waals surface area contributed by atoms with Crippen LogP contribution in [0.5, 0.6) is 5.88 Å². The summed E-state index contributed by atoms with van der Waals surface area (Å²) >= 11 is 0. The molecule has 7 nitrogen and oxygen atoms in total. The van der Waals surface area contributed by atoms with Crippen molar-refractivity contribution in [1.29, 1.82) is 5.26 Å². The van der Waals surface area contributed by atoms with Gasteiger partial charge in [0.1, 0.15) is 12.0 Å². The molecule has 0 bridgehead atoms. The Morgan fingerprint density at radius 2 is 2.15 bits per heavy atom. The molecule has 0 amide bonds. The molecule has 4 rings (SSSR count). The van der Waals surface area contributed by atoms with E-state index in [1.807, 2.05) is 36.4 Å². The van der Waals surface area contributed by atoms with Crippen LogP contribution in [0.3, 0.4) is 0 Å². The smallest absolute Gasteiger partial charge is 0.227 e. The van der Waals surface area contributed by atoms with Crippen molar-refractivity contribution >= 4 is 16.7 Å². The molecule has 3 aromatic rings. The number of benzene rings is 1. The zero-order valence-corrected chi connectivity index (χ0v) is 14.2. The maximum Gasteiger partial charge on any atom is 0.227 e. The first-order valence-electron chi connectivity index (χ1n) is 8.54. The molecule has 26 heavy (non-hydrogen) atoms. The highest BCUT2D eigenvalue weighted by Crippen LogP contribution is 2.34. The number of aromatic nitrogens is 3. The van der Waals surface area contributed by atoms with Crippen LogP contribution in [0, 0.1) is 17.2 Å². The average molecular weight is 349 g/mol. The number of nitrogens with zero attached hydrogens (tertiary/aromatic N) is 4. The third-order valence-corrected chi connectivity index (χ3v) is 4.64. The molecule has 3 heterocycles. The quantitative estimate of drug-likeness (QED) is 0.777. The van der Waals surface area contributed by atoms with Gasteiger partial charge in [-0.1, -0.05) is 30.3 Å². The van der Waals surface area contributed by atoms with Gasteiger partial charge in [0.25, 0.3) is 0 Å². The predicted octanol–water partition coefficient (Wildman–Crippen LogP) is 2.69. The highest BCUT2D eigenvalue weighted by Gasteiger charge is 2.30. The van der Waals surface area contributed by atoms with E-state index in [1.165, 1.54) is 0 Å². The molecule has 0 unspecified atom stereocenters. The maximum atomic E-state index is 9.45. The molecule has 0 radical (unpaired) electrons. The highest BCUT2D eigenvalue weighted by molar-refractivity contribution is 5.93. The van der Waals surface area contributed by atoms with Crippen molar-refractivity contribution in [3.63, 3.8) is 0 Å². The van der Waals surface area contributed by atoms with Gasteiger partial charge in [0, 0.05) is 12.8 Å². The van der Waals surface area contributed by atoms with Crippen LogP contribution >= 0.6 is 0 Å². The van der Waals surface area contributed by atoms with E-state index < -0.39 is 0 Å². The van der Waals surface area contributed by atoms with Crippen LogP contribution in [0.4, 0.5) is 5.82 Å². The van der Waals surface area contributed by atoms with Crippen LogP contribution < -0.4 is 10.5 Å². The van der Waals surface area contributed by atoms with E-state index in [1.54, 1.807) is 10.9 Å². The molecule has 0 aliphatic carbocycles. The zero-order chi connectivity index (χ0) is 17.9. The Morgan fingerprint density at radius 1 is 1.31 bits per heavy atom. The van der Waals surface area contributed by atoms with Crippen molar-refractivity contribution in [1.82, 2.24) is 14.8 Å². The number of pyridine rings is 1.